The maximum Gasteiger partial charge on any atom is 0.338 e. The van der Waals surface area contributed by atoms with E-state index in [0.717, 1.165) is 17.0 Å². The molecule has 0 bridgehead atoms. The average Bonchev–Trinajstić information content (AvgIpc) is 2.93. The highest BCUT2D eigenvalue weighted by atomic mass is 16.5. The molecule has 4 heteroatoms. The summed E-state index contributed by atoms with van der Waals surface area (Å²) in [5, 5.41) is 3.13. The molecule has 0 aliphatic heterocycles. The third kappa shape index (κ3) is 3.04. The van der Waals surface area contributed by atoms with E-state index in [1.165, 1.54) is 7.11 Å². The highest BCUT2D eigenvalue weighted by Crippen LogP contribution is 2.21. The van der Waals surface area contributed by atoms with E-state index in [0.29, 0.717) is 5.57 Å². The van der Waals surface area contributed by atoms with E-state index in [9.17, 15) is 4.79 Å². The van der Waals surface area contributed by atoms with Crippen molar-refractivity contribution in [3.63, 3.8) is 0 Å². The molecule has 0 fully saturated rings. The number of carbonyl (C=O) groups is 1. The van der Waals surface area contributed by atoms with Crippen LogP contribution in [0.1, 0.15) is 0 Å². The van der Waals surface area contributed by atoms with E-state index in [4.69, 9.17) is 9.47 Å². The van der Waals surface area contributed by atoms with Crippen molar-refractivity contribution < 1.29 is 14.3 Å². The summed E-state index contributed by atoms with van der Waals surface area (Å²) in [4.78, 5) is 11.5. The summed E-state index contributed by atoms with van der Waals surface area (Å²) in [6, 6.07) is 7.55. The van der Waals surface area contributed by atoms with Gasteiger partial charge in [-0.3, -0.25) is 0 Å². The van der Waals surface area contributed by atoms with Crippen molar-refractivity contribution in [3.05, 3.63) is 59.8 Å². The summed E-state index contributed by atoms with van der Waals surface area (Å²) in [5.74, 6) is 0.429. The molecular weight excluding hydrogens is 242 g/mol. The van der Waals surface area contributed by atoms with Crippen molar-refractivity contribution in [1.29, 1.82) is 0 Å². The van der Waals surface area contributed by atoms with Crippen LogP contribution >= 0.6 is 0 Å². The van der Waals surface area contributed by atoms with Crippen LogP contribution in [0.2, 0.25) is 0 Å². The summed E-state index contributed by atoms with van der Waals surface area (Å²) in [6.45, 7) is 0. The maximum atomic E-state index is 11.5. The first-order chi connectivity index (χ1) is 9.24. The van der Waals surface area contributed by atoms with Crippen molar-refractivity contribution in [3.8, 4) is 5.75 Å². The van der Waals surface area contributed by atoms with E-state index >= 15 is 0 Å². The standard InChI is InChI=1S/C15H15NO3/c1-18-13-7-4-6-12(9-13)16-10-11-5-3-8-14(11)15(17)19-2/h3-10,16H,1-2H3/b11-10+. The number of methoxy groups -OCH3 is 2. The lowest BCUT2D eigenvalue weighted by Crippen LogP contribution is -2.05. The maximum absolute atomic E-state index is 11.5. The summed E-state index contributed by atoms with van der Waals surface area (Å²) >= 11 is 0. The number of allylic oxidation sites excluding steroid dienone is 3. The normalized spacial score (nSPS) is 15.3. The lowest BCUT2D eigenvalue weighted by Gasteiger charge is -2.06. The number of ether oxygens (including phenoxy) is 2. The number of rotatable bonds is 4. The highest BCUT2D eigenvalue weighted by Gasteiger charge is 2.15. The Kier molecular flexibility index (Phi) is 4.03. The van der Waals surface area contributed by atoms with Crippen LogP contribution in [0.5, 0.6) is 5.75 Å². The molecule has 0 saturated carbocycles. The van der Waals surface area contributed by atoms with E-state index in [1.54, 1.807) is 19.4 Å². The lowest BCUT2D eigenvalue weighted by molar-refractivity contribution is -0.135. The van der Waals surface area contributed by atoms with Crippen LogP contribution in [0.15, 0.2) is 59.8 Å². The number of hydrogen-bond donors (Lipinski definition) is 1. The van der Waals surface area contributed by atoms with Crippen molar-refractivity contribution in [1.82, 2.24) is 0 Å². The van der Waals surface area contributed by atoms with Crippen molar-refractivity contribution >= 4 is 11.7 Å². The Balaban J connectivity index is 2.12. The highest BCUT2D eigenvalue weighted by molar-refractivity contribution is 5.96. The van der Waals surface area contributed by atoms with Gasteiger partial charge in [-0.05, 0) is 18.2 Å². The fourth-order valence-corrected chi connectivity index (χ4v) is 1.73. The summed E-state index contributed by atoms with van der Waals surface area (Å²) in [7, 11) is 2.99. The van der Waals surface area contributed by atoms with Crippen LogP contribution in [-0.2, 0) is 9.53 Å². The monoisotopic (exact) mass is 257 g/mol. The number of anilines is 1. The molecule has 0 unspecified atom stereocenters. The second-order valence-corrected chi connectivity index (χ2v) is 3.91. The first-order valence-electron chi connectivity index (χ1n) is 5.82. The van der Waals surface area contributed by atoms with E-state index < -0.39 is 0 Å². The van der Waals surface area contributed by atoms with Gasteiger partial charge in [0.1, 0.15) is 5.75 Å². The molecule has 1 aliphatic rings. The number of esters is 1. The molecule has 98 valence electrons. The van der Waals surface area contributed by atoms with E-state index in [-0.39, 0.29) is 5.97 Å². The molecule has 0 atom stereocenters. The smallest absolute Gasteiger partial charge is 0.338 e. The molecule has 0 amide bonds. The van der Waals surface area contributed by atoms with E-state index in [1.807, 2.05) is 36.4 Å². The number of hydrogen-bond acceptors (Lipinski definition) is 4. The molecule has 1 aliphatic carbocycles. The molecule has 0 spiro atoms. The molecular formula is C15H15NO3. The quantitative estimate of drug-likeness (QED) is 0.842. The average molecular weight is 257 g/mol. The predicted molar refractivity (Wildman–Crippen MR) is 73.9 cm³/mol. The van der Waals surface area contributed by atoms with Gasteiger partial charge in [0, 0.05) is 23.5 Å². The second kappa shape index (κ2) is 5.91. The van der Waals surface area contributed by atoms with Crippen LogP contribution in [0.3, 0.4) is 0 Å². The Labute approximate surface area is 112 Å². The van der Waals surface area contributed by atoms with Crippen LogP contribution in [0.25, 0.3) is 0 Å². The minimum Gasteiger partial charge on any atom is -0.497 e. The fourth-order valence-electron chi connectivity index (χ4n) is 1.73. The Morgan fingerprint density at radius 1 is 1.32 bits per heavy atom. The van der Waals surface area contributed by atoms with Gasteiger partial charge in [-0.15, -0.1) is 0 Å². The van der Waals surface area contributed by atoms with E-state index in [2.05, 4.69) is 5.32 Å². The summed E-state index contributed by atoms with van der Waals surface area (Å²) in [6.07, 6.45) is 7.15. The molecule has 0 aromatic heterocycles. The van der Waals surface area contributed by atoms with Gasteiger partial charge < -0.3 is 14.8 Å². The molecule has 4 nitrogen and oxygen atoms in total. The minimum absolute atomic E-state index is 0.344. The lowest BCUT2D eigenvalue weighted by atomic mass is 10.1. The largest absolute Gasteiger partial charge is 0.497 e. The Bertz CT molecular complexity index is 571. The predicted octanol–water partition coefficient (Wildman–Crippen LogP) is 2.66. The van der Waals surface area contributed by atoms with Crippen LogP contribution in [0.4, 0.5) is 5.69 Å². The molecule has 0 heterocycles. The Morgan fingerprint density at radius 2 is 2.16 bits per heavy atom. The first kappa shape index (κ1) is 13.0. The van der Waals surface area contributed by atoms with Gasteiger partial charge in [-0.2, -0.15) is 0 Å². The van der Waals surface area contributed by atoms with Gasteiger partial charge in [0.25, 0.3) is 0 Å². The number of nitrogens with one attached hydrogen (secondary N) is 1. The van der Waals surface area contributed by atoms with Crippen LogP contribution in [-0.4, -0.2) is 20.2 Å². The molecule has 1 aromatic carbocycles. The zero-order valence-electron chi connectivity index (χ0n) is 10.8. The molecule has 2 rings (SSSR count). The topological polar surface area (TPSA) is 47.6 Å². The van der Waals surface area contributed by atoms with Gasteiger partial charge in [-0.25, -0.2) is 4.79 Å². The Hall–Kier alpha value is -2.49. The summed E-state index contributed by atoms with van der Waals surface area (Å²) < 4.78 is 9.86. The summed E-state index contributed by atoms with van der Waals surface area (Å²) in [5.41, 5.74) is 2.21. The van der Waals surface area contributed by atoms with Gasteiger partial charge >= 0.3 is 5.97 Å². The SMILES string of the molecule is COC(=O)C1=CC=C/C1=C\Nc1cccc(OC)c1. The van der Waals surface area contributed by atoms with Gasteiger partial charge in [0.15, 0.2) is 0 Å². The minimum atomic E-state index is -0.344. The van der Waals surface area contributed by atoms with Crippen molar-refractivity contribution in [2.45, 2.75) is 0 Å². The van der Waals surface area contributed by atoms with Crippen molar-refractivity contribution in [2.24, 2.45) is 0 Å². The van der Waals surface area contributed by atoms with Gasteiger partial charge in [0.05, 0.1) is 19.8 Å². The molecule has 0 radical (unpaired) electrons. The molecule has 1 N–H and O–H groups in total. The van der Waals surface area contributed by atoms with Gasteiger partial charge in [0.2, 0.25) is 0 Å². The molecule has 1 aromatic rings. The number of carbonyl (C=O) groups excluding carboxylic acids is 1. The molecule has 19 heavy (non-hydrogen) atoms. The Morgan fingerprint density at radius 3 is 2.89 bits per heavy atom. The van der Waals surface area contributed by atoms with Crippen LogP contribution < -0.4 is 10.1 Å². The number of benzene rings is 1. The fraction of sp³-hybridized carbons (Fsp3) is 0.133. The van der Waals surface area contributed by atoms with Crippen molar-refractivity contribution in [2.75, 3.05) is 19.5 Å². The van der Waals surface area contributed by atoms with Gasteiger partial charge in [-0.1, -0.05) is 18.2 Å². The molecule has 0 saturated heterocycles. The third-order valence-corrected chi connectivity index (χ3v) is 2.72. The third-order valence-electron chi connectivity index (χ3n) is 2.72. The van der Waals surface area contributed by atoms with Crippen LogP contribution in [0, 0.1) is 0 Å². The zero-order chi connectivity index (χ0) is 13.7. The first-order valence-corrected chi connectivity index (χ1v) is 5.82. The zero-order valence-corrected chi connectivity index (χ0v) is 10.8. The second-order valence-electron chi connectivity index (χ2n) is 3.91.